The minimum Gasteiger partial charge on any atom is -0.493 e. The number of hydrogen-bond donors (Lipinski definition) is 0. The van der Waals surface area contributed by atoms with E-state index in [0.29, 0.717) is 17.2 Å². The molecule has 2 rings (SSSR count). The van der Waals surface area contributed by atoms with E-state index in [2.05, 4.69) is 25.7 Å². The number of nitrogens with zero attached hydrogens (tertiary/aromatic N) is 1. The monoisotopic (exact) mass is 371 g/mol. The van der Waals surface area contributed by atoms with Crippen LogP contribution in [0, 0.1) is 0 Å². The van der Waals surface area contributed by atoms with Crippen LogP contribution in [0.4, 0.5) is 0 Å². The van der Waals surface area contributed by atoms with E-state index in [-0.39, 0.29) is 12.4 Å². The van der Waals surface area contributed by atoms with Gasteiger partial charge in [-0.15, -0.1) is 11.3 Å². The lowest BCUT2D eigenvalue weighted by molar-refractivity contribution is -0.139. The number of rotatable bonds is 5. The Kier molecular flexibility index (Phi) is 5.19. The van der Waals surface area contributed by atoms with Crippen molar-refractivity contribution >= 4 is 33.2 Å². The summed E-state index contributed by atoms with van der Waals surface area (Å²) in [5.41, 5.74) is 1.57. The minimum absolute atomic E-state index is 0.165. The average Bonchev–Trinajstić information content (AvgIpc) is 2.94. The number of carbonyl (C=O) groups is 1. The molecule has 0 amide bonds. The van der Waals surface area contributed by atoms with Gasteiger partial charge in [-0.25, -0.2) is 4.98 Å². The molecule has 5 nitrogen and oxygen atoms in total. The summed E-state index contributed by atoms with van der Waals surface area (Å²) in [4.78, 5) is 15.7. The Hall–Kier alpha value is -1.60. The van der Waals surface area contributed by atoms with Crippen LogP contribution in [0.3, 0.4) is 0 Å². The molecule has 0 aliphatic heterocycles. The smallest absolute Gasteiger partial charge is 0.311 e. The molecule has 21 heavy (non-hydrogen) atoms. The third-order valence-corrected chi connectivity index (χ3v) is 4.39. The van der Waals surface area contributed by atoms with Gasteiger partial charge in [-0.05, 0) is 28.1 Å². The van der Waals surface area contributed by atoms with Gasteiger partial charge in [0.05, 0.1) is 33.4 Å². The summed E-state index contributed by atoms with van der Waals surface area (Å²) in [6.45, 7) is 0. The Morgan fingerprint density at radius 1 is 1.24 bits per heavy atom. The van der Waals surface area contributed by atoms with Gasteiger partial charge in [-0.1, -0.05) is 0 Å². The van der Waals surface area contributed by atoms with Crippen LogP contribution in [0.5, 0.6) is 11.5 Å². The Labute approximate surface area is 135 Å². The summed E-state index contributed by atoms with van der Waals surface area (Å²) in [6, 6.07) is 3.68. The molecular weight excluding hydrogens is 358 g/mol. The lowest BCUT2D eigenvalue weighted by Crippen LogP contribution is -2.04. The van der Waals surface area contributed by atoms with Crippen LogP contribution in [-0.4, -0.2) is 32.3 Å². The van der Waals surface area contributed by atoms with Gasteiger partial charge in [0.2, 0.25) is 0 Å². The molecule has 0 saturated heterocycles. The van der Waals surface area contributed by atoms with Gasteiger partial charge in [0.1, 0.15) is 5.01 Å². The van der Waals surface area contributed by atoms with Gasteiger partial charge in [0, 0.05) is 15.4 Å². The van der Waals surface area contributed by atoms with Crippen molar-refractivity contribution in [2.24, 2.45) is 0 Å². The van der Waals surface area contributed by atoms with Crippen molar-refractivity contribution in [3.63, 3.8) is 0 Å². The van der Waals surface area contributed by atoms with Gasteiger partial charge in [0.25, 0.3) is 0 Å². The maximum absolute atomic E-state index is 11.3. The van der Waals surface area contributed by atoms with Gasteiger partial charge in [-0.2, -0.15) is 0 Å². The summed E-state index contributed by atoms with van der Waals surface area (Å²) >= 11 is 4.96. The number of benzene rings is 1. The van der Waals surface area contributed by atoms with Crippen molar-refractivity contribution in [1.29, 1.82) is 0 Å². The molecule has 0 atom stereocenters. The van der Waals surface area contributed by atoms with Crippen molar-refractivity contribution in [2.45, 2.75) is 6.42 Å². The third-order valence-electron chi connectivity index (χ3n) is 2.81. The molecule has 1 aromatic heterocycles. The van der Waals surface area contributed by atoms with E-state index >= 15 is 0 Å². The average molecular weight is 372 g/mol. The SMILES string of the molecule is COC(=O)Cc1csc(-c2cc(OC)c(OC)cc2Br)n1. The number of methoxy groups -OCH3 is 3. The first kappa shape index (κ1) is 15.8. The van der Waals surface area contributed by atoms with Crippen LogP contribution in [0.2, 0.25) is 0 Å². The number of ether oxygens (including phenoxy) is 3. The summed E-state index contributed by atoms with van der Waals surface area (Å²) < 4.78 is 16.0. The number of esters is 1. The summed E-state index contributed by atoms with van der Waals surface area (Å²) in [7, 11) is 4.53. The first-order chi connectivity index (χ1) is 10.1. The third kappa shape index (κ3) is 3.54. The largest absolute Gasteiger partial charge is 0.493 e. The van der Waals surface area contributed by atoms with E-state index in [9.17, 15) is 4.79 Å². The van der Waals surface area contributed by atoms with Crippen LogP contribution in [-0.2, 0) is 16.0 Å². The summed E-state index contributed by atoms with van der Waals surface area (Å²) in [6.07, 6.45) is 0.165. The molecule has 0 radical (unpaired) electrons. The van der Waals surface area contributed by atoms with Crippen LogP contribution in [0.25, 0.3) is 10.6 Å². The number of thiazole rings is 1. The van der Waals surface area contributed by atoms with E-state index in [1.54, 1.807) is 14.2 Å². The number of carbonyl (C=O) groups excluding carboxylic acids is 1. The van der Waals surface area contributed by atoms with E-state index < -0.39 is 0 Å². The fraction of sp³-hybridized carbons (Fsp3) is 0.286. The van der Waals surface area contributed by atoms with E-state index in [1.165, 1.54) is 18.4 Å². The molecule has 112 valence electrons. The highest BCUT2D eigenvalue weighted by molar-refractivity contribution is 9.10. The molecule has 0 spiro atoms. The maximum Gasteiger partial charge on any atom is 0.311 e. The molecule has 2 aromatic rings. The highest BCUT2D eigenvalue weighted by Gasteiger charge is 2.15. The number of aromatic nitrogens is 1. The zero-order valence-electron chi connectivity index (χ0n) is 11.8. The molecule has 0 aliphatic rings. The van der Waals surface area contributed by atoms with Gasteiger partial charge < -0.3 is 14.2 Å². The molecule has 7 heteroatoms. The number of halogens is 1. The zero-order valence-corrected chi connectivity index (χ0v) is 14.2. The van der Waals surface area contributed by atoms with Crippen LogP contribution in [0.1, 0.15) is 5.69 Å². The zero-order chi connectivity index (χ0) is 15.4. The second-order valence-corrected chi connectivity index (χ2v) is 5.80. The predicted molar refractivity (Wildman–Crippen MR) is 84.1 cm³/mol. The quantitative estimate of drug-likeness (QED) is 0.754. The van der Waals surface area contributed by atoms with Gasteiger partial charge in [0.15, 0.2) is 11.5 Å². The molecule has 0 saturated carbocycles. The standard InChI is InChI=1S/C14H14BrNO4S/c1-18-11-5-9(10(15)6-12(11)19-2)14-16-8(7-21-14)4-13(17)20-3/h5-7H,4H2,1-3H3. The van der Waals surface area contributed by atoms with Crippen LogP contribution >= 0.6 is 27.3 Å². The van der Waals surface area contributed by atoms with Gasteiger partial charge >= 0.3 is 5.97 Å². The van der Waals surface area contributed by atoms with E-state index in [4.69, 9.17) is 9.47 Å². The molecule has 0 N–H and O–H groups in total. The first-order valence-corrected chi connectivity index (χ1v) is 7.69. The highest BCUT2D eigenvalue weighted by Crippen LogP contribution is 2.39. The van der Waals surface area contributed by atoms with E-state index in [1.807, 2.05) is 17.5 Å². The van der Waals surface area contributed by atoms with Crippen molar-refractivity contribution in [2.75, 3.05) is 21.3 Å². The molecule has 0 fully saturated rings. The van der Waals surface area contributed by atoms with Crippen LogP contribution < -0.4 is 9.47 Å². The Morgan fingerprint density at radius 2 is 1.90 bits per heavy atom. The van der Waals surface area contributed by atoms with Crippen molar-refractivity contribution in [3.8, 4) is 22.1 Å². The maximum atomic E-state index is 11.3. The lowest BCUT2D eigenvalue weighted by Gasteiger charge is -2.10. The molecule has 1 aromatic carbocycles. The predicted octanol–water partition coefficient (Wildman–Crippen LogP) is 3.31. The topological polar surface area (TPSA) is 57.7 Å². The van der Waals surface area contributed by atoms with Gasteiger partial charge in [-0.3, -0.25) is 4.79 Å². The van der Waals surface area contributed by atoms with E-state index in [0.717, 1.165) is 15.0 Å². The van der Waals surface area contributed by atoms with Crippen molar-refractivity contribution in [3.05, 3.63) is 27.7 Å². The molecule has 0 aliphatic carbocycles. The Bertz CT molecular complexity index is 656. The highest BCUT2D eigenvalue weighted by atomic mass is 79.9. The summed E-state index contributed by atoms with van der Waals surface area (Å²) in [5, 5.41) is 2.64. The number of hydrogen-bond acceptors (Lipinski definition) is 6. The lowest BCUT2D eigenvalue weighted by atomic mass is 10.2. The summed E-state index contributed by atoms with van der Waals surface area (Å²) in [5.74, 6) is 0.957. The molecule has 0 bridgehead atoms. The van der Waals surface area contributed by atoms with Crippen molar-refractivity contribution < 1.29 is 19.0 Å². The molecule has 0 unspecified atom stereocenters. The first-order valence-electron chi connectivity index (χ1n) is 6.02. The second kappa shape index (κ2) is 6.91. The molecule has 1 heterocycles. The molecular formula is C14H14BrNO4S. The normalized spacial score (nSPS) is 10.3. The Morgan fingerprint density at radius 3 is 2.52 bits per heavy atom. The fourth-order valence-electron chi connectivity index (χ4n) is 1.75. The van der Waals surface area contributed by atoms with Crippen molar-refractivity contribution in [1.82, 2.24) is 4.98 Å². The minimum atomic E-state index is -0.307. The fourth-order valence-corrected chi connectivity index (χ4v) is 3.24. The van der Waals surface area contributed by atoms with Crippen LogP contribution in [0.15, 0.2) is 22.0 Å². The second-order valence-electron chi connectivity index (χ2n) is 4.08. The Balaban J connectivity index is 2.36.